The fourth-order valence-corrected chi connectivity index (χ4v) is 4.80. The van der Waals surface area contributed by atoms with Gasteiger partial charge in [0.15, 0.2) is 6.10 Å². The Morgan fingerprint density at radius 2 is 1.94 bits per heavy atom. The molecule has 5 N–H and O–H groups in total. The van der Waals surface area contributed by atoms with Crippen molar-refractivity contribution < 1.29 is 44.2 Å². The summed E-state index contributed by atoms with van der Waals surface area (Å²) in [5.41, 5.74) is 3.04. The number of aryl methyl sites for hydroxylation is 1. The number of fused-ring (bicyclic) bond motifs is 3. The van der Waals surface area contributed by atoms with E-state index >= 15 is 0 Å². The number of aromatic nitrogens is 1. The first-order valence-electron chi connectivity index (χ1n) is 11.1. The number of carboxylic acids is 1. The zero-order valence-electron chi connectivity index (χ0n) is 18.5. The van der Waals surface area contributed by atoms with E-state index in [-0.39, 0.29) is 6.42 Å². The first-order chi connectivity index (χ1) is 15.7. The fraction of sp³-hybridized carbons (Fsp3) is 0.565. The maximum atomic E-state index is 12.9. The first-order valence-corrected chi connectivity index (χ1v) is 11.1. The number of aliphatic hydroxyl groups excluding tert-OH is 3. The smallest absolute Gasteiger partial charge is 0.335 e. The minimum absolute atomic E-state index is 0.215. The van der Waals surface area contributed by atoms with Crippen LogP contribution in [0.4, 0.5) is 0 Å². The average Bonchev–Trinajstić information content (AvgIpc) is 3.19. The molecule has 6 atom stereocenters. The van der Waals surface area contributed by atoms with Crippen LogP contribution in [-0.2, 0) is 42.2 Å². The molecule has 1 aromatic carbocycles. The van der Waals surface area contributed by atoms with Crippen molar-refractivity contribution in [2.75, 3.05) is 6.61 Å². The van der Waals surface area contributed by atoms with E-state index in [0.717, 1.165) is 34.1 Å². The third-order valence-corrected chi connectivity index (χ3v) is 6.66. The molecule has 0 amide bonds. The SMILES string of the molecule is CCc1cccc2c3c([nH]c12)[C@](CC)(CC(=O)O[C@@H]1O[C@H](C(=O)O)[C@@H](O)[C@H](O)[C@H]1O)OCC3. The minimum atomic E-state index is -1.86. The second-order valence-corrected chi connectivity index (χ2v) is 8.52. The number of aromatic amines is 1. The largest absolute Gasteiger partial charge is 0.479 e. The maximum absolute atomic E-state index is 12.9. The summed E-state index contributed by atoms with van der Waals surface area (Å²) < 4.78 is 16.4. The van der Waals surface area contributed by atoms with Crippen molar-refractivity contribution in [3.8, 4) is 0 Å². The Labute approximate surface area is 190 Å². The summed E-state index contributed by atoms with van der Waals surface area (Å²) in [6.45, 7) is 4.37. The molecule has 2 aliphatic rings. The van der Waals surface area contributed by atoms with E-state index in [0.29, 0.717) is 19.4 Å². The minimum Gasteiger partial charge on any atom is -0.479 e. The van der Waals surface area contributed by atoms with Gasteiger partial charge in [0.25, 0.3) is 0 Å². The topological polar surface area (TPSA) is 159 Å². The number of carbonyl (C=O) groups is 2. The molecule has 0 aliphatic carbocycles. The van der Waals surface area contributed by atoms with Crippen LogP contribution in [0.5, 0.6) is 0 Å². The van der Waals surface area contributed by atoms with E-state index in [9.17, 15) is 30.0 Å². The Balaban J connectivity index is 1.60. The highest BCUT2D eigenvalue weighted by Crippen LogP contribution is 2.42. The molecule has 0 spiro atoms. The molecular formula is C23H29NO9. The van der Waals surface area contributed by atoms with Gasteiger partial charge in [0.1, 0.15) is 23.9 Å². The molecule has 10 heteroatoms. The van der Waals surface area contributed by atoms with Crippen molar-refractivity contribution in [1.29, 1.82) is 0 Å². The predicted octanol–water partition coefficient (Wildman–Crippen LogP) is 0.734. The summed E-state index contributed by atoms with van der Waals surface area (Å²) in [6.07, 6.45) is -7.34. The van der Waals surface area contributed by atoms with Crippen LogP contribution < -0.4 is 0 Å². The van der Waals surface area contributed by atoms with Crippen LogP contribution >= 0.6 is 0 Å². The van der Waals surface area contributed by atoms with E-state index in [1.54, 1.807) is 0 Å². The van der Waals surface area contributed by atoms with Crippen molar-refractivity contribution in [2.24, 2.45) is 0 Å². The van der Waals surface area contributed by atoms with Crippen molar-refractivity contribution in [2.45, 2.75) is 75.8 Å². The molecule has 0 radical (unpaired) electrons. The van der Waals surface area contributed by atoms with Gasteiger partial charge in [-0.15, -0.1) is 0 Å². The predicted molar refractivity (Wildman–Crippen MR) is 114 cm³/mol. The number of hydrogen-bond donors (Lipinski definition) is 5. The molecule has 0 saturated carbocycles. The average molecular weight is 463 g/mol. The van der Waals surface area contributed by atoms with E-state index in [2.05, 4.69) is 11.9 Å². The standard InChI is InChI=1S/C23H29NO9/c1-3-11-6-5-7-12-13-8-9-31-23(4-2,20(13)24-15(11)12)10-14(25)32-22-18(28)16(26)17(27)19(33-22)21(29)30/h5-7,16-19,22,24,26-28H,3-4,8-10H2,1-2H3,(H,29,30)/t16-,17-,18+,19-,22+,23-/m0/s1. The lowest BCUT2D eigenvalue weighted by molar-refractivity contribution is -0.287. The van der Waals surface area contributed by atoms with Crippen molar-refractivity contribution in [1.82, 2.24) is 4.98 Å². The van der Waals surface area contributed by atoms with Gasteiger partial charge in [0.2, 0.25) is 6.29 Å². The van der Waals surface area contributed by atoms with Gasteiger partial charge in [-0.05, 0) is 30.4 Å². The summed E-state index contributed by atoms with van der Waals surface area (Å²) in [5.74, 6) is -2.35. The molecule has 0 bridgehead atoms. The molecular weight excluding hydrogens is 434 g/mol. The first kappa shape index (κ1) is 23.7. The summed E-state index contributed by atoms with van der Waals surface area (Å²) in [4.78, 5) is 27.7. The molecule has 0 unspecified atom stereocenters. The Morgan fingerprint density at radius 1 is 1.18 bits per heavy atom. The van der Waals surface area contributed by atoms with Crippen LogP contribution in [0.3, 0.4) is 0 Å². The van der Waals surface area contributed by atoms with Crippen molar-refractivity contribution in [3.63, 3.8) is 0 Å². The molecule has 10 nitrogen and oxygen atoms in total. The molecule has 1 aromatic heterocycles. The molecule has 4 rings (SSSR count). The monoisotopic (exact) mass is 463 g/mol. The molecule has 1 saturated heterocycles. The third-order valence-electron chi connectivity index (χ3n) is 6.66. The summed E-state index contributed by atoms with van der Waals surface area (Å²) >= 11 is 0. The number of esters is 1. The summed E-state index contributed by atoms with van der Waals surface area (Å²) in [6, 6.07) is 6.10. The lowest BCUT2D eigenvalue weighted by Crippen LogP contribution is -2.60. The Bertz CT molecular complexity index is 1050. The second-order valence-electron chi connectivity index (χ2n) is 8.52. The number of aliphatic hydroxyl groups is 3. The highest BCUT2D eigenvalue weighted by Gasteiger charge is 2.49. The fourth-order valence-electron chi connectivity index (χ4n) is 4.80. The molecule has 2 aliphatic heterocycles. The van der Waals surface area contributed by atoms with Crippen LogP contribution in [0.2, 0.25) is 0 Å². The van der Waals surface area contributed by atoms with Crippen molar-refractivity contribution in [3.05, 3.63) is 35.0 Å². The zero-order valence-corrected chi connectivity index (χ0v) is 18.5. The van der Waals surface area contributed by atoms with E-state index in [1.165, 1.54) is 0 Å². The van der Waals surface area contributed by atoms with E-state index in [1.807, 2.05) is 25.1 Å². The van der Waals surface area contributed by atoms with Crippen LogP contribution in [-0.4, -0.2) is 74.7 Å². The number of rotatable bonds is 6. The number of H-pyrrole nitrogens is 1. The summed E-state index contributed by atoms with van der Waals surface area (Å²) in [7, 11) is 0. The van der Waals surface area contributed by atoms with Gasteiger partial charge >= 0.3 is 11.9 Å². The quantitative estimate of drug-likeness (QED) is 0.389. The van der Waals surface area contributed by atoms with E-state index < -0.39 is 48.2 Å². The van der Waals surface area contributed by atoms with Crippen LogP contribution in [0, 0.1) is 0 Å². The zero-order chi connectivity index (χ0) is 23.9. The number of benzene rings is 1. The second kappa shape index (κ2) is 9.03. The number of para-hydroxylation sites is 1. The third kappa shape index (κ3) is 4.02. The Morgan fingerprint density at radius 3 is 2.61 bits per heavy atom. The molecule has 33 heavy (non-hydrogen) atoms. The van der Waals surface area contributed by atoms with Gasteiger partial charge in [-0.3, -0.25) is 4.79 Å². The van der Waals surface area contributed by atoms with Gasteiger partial charge in [-0.25, -0.2) is 4.79 Å². The number of aliphatic carboxylic acids is 1. The van der Waals surface area contributed by atoms with Gasteiger partial charge in [-0.2, -0.15) is 0 Å². The molecule has 2 aromatic rings. The van der Waals surface area contributed by atoms with E-state index in [4.69, 9.17) is 14.2 Å². The normalized spacial score (nSPS) is 31.8. The Kier molecular flexibility index (Phi) is 6.47. The number of hydrogen-bond acceptors (Lipinski definition) is 8. The highest BCUT2D eigenvalue weighted by molar-refractivity contribution is 5.88. The van der Waals surface area contributed by atoms with Crippen LogP contribution in [0.25, 0.3) is 10.9 Å². The summed E-state index contributed by atoms with van der Waals surface area (Å²) in [5, 5.41) is 40.2. The van der Waals surface area contributed by atoms with Crippen LogP contribution in [0.1, 0.15) is 43.5 Å². The number of ether oxygens (including phenoxy) is 3. The lowest BCUT2D eigenvalue weighted by Gasteiger charge is -2.39. The lowest BCUT2D eigenvalue weighted by atomic mass is 9.86. The van der Waals surface area contributed by atoms with Gasteiger partial charge in [-0.1, -0.05) is 32.0 Å². The highest BCUT2D eigenvalue weighted by atomic mass is 16.7. The number of carboxylic acid groups (broad SMARTS) is 1. The molecule has 3 heterocycles. The van der Waals surface area contributed by atoms with Crippen molar-refractivity contribution >= 4 is 22.8 Å². The molecule has 1 fully saturated rings. The van der Waals surface area contributed by atoms with Crippen LogP contribution in [0.15, 0.2) is 18.2 Å². The Hall–Kier alpha value is -2.50. The van der Waals surface area contributed by atoms with Gasteiger partial charge < -0.3 is 39.6 Å². The number of carbonyl (C=O) groups excluding carboxylic acids is 1. The van der Waals surface area contributed by atoms with Gasteiger partial charge in [0, 0.05) is 10.9 Å². The maximum Gasteiger partial charge on any atom is 0.335 e. The molecule has 180 valence electrons. The van der Waals surface area contributed by atoms with Gasteiger partial charge in [0.05, 0.1) is 18.7 Å². The number of nitrogens with one attached hydrogen (secondary N) is 1.